The van der Waals surface area contributed by atoms with Crippen molar-refractivity contribution in [3.05, 3.63) is 11.8 Å². The van der Waals surface area contributed by atoms with Gasteiger partial charge < -0.3 is 5.73 Å². The number of nitrogens with zero attached hydrogens (tertiary/aromatic N) is 2. The lowest BCUT2D eigenvalue weighted by Crippen LogP contribution is -2.32. The van der Waals surface area contributed by atoms with E-state index in [1.54, 1.807) is 0 Å². The average molecular weight is 181 g/mol. The molecule has 2 N–H and O–H groups in total. The molecule has 0 amide bonds. The van der Waals surface area contributed by atoms with E-state index in [0.29, 0.717) is 0 Å². The van der Waals surface area contributed by atoms with Gasteiger partial charge in [0, 0.05) is 18.8 Å². The first-order chi connectivity index (χ1) is 6.22. The number of aliphatic imine (C=N–C) groups is 1. The summed E-state index contributed by atoms with van der Waals surface area (Å²) in [5.41, 5.74) is 7.90. The van der Waals surface area contributed by atoms with Gasteiger partial charge in [-0.2, -0.15) is 0 Å². The van der Waals surface area contributed by atoms with Crippen LogP contribution >= 0.6 is 0 Å². The fourth-order valence-electron chi connectivity index (χ4n) is 1.44. The van der Waals surface area contributed by atoms with Gasteiger partial charge in [-0.3, -0.25) is 9.89 Å². The van der Waals surface area contributed by atoms with Gasteiger partial charge in [-0.05, 0) is 19.5 Å². The van der Waals surface area contributed by atoms with Crippen LogP contribution in [0.2, 0.25) is 0 Å². The van der Waals surface area contributed by atoms with Crippen molar-refractivity contribution >= 4 is 5.71 Å². The molecule has 0 spiro atoms. The quantitative estimate of drug-likeness (QED) is 0.706. The summed E-state index contributed by atoms with van der Waals surface area (Å²) >= 11 is 0. The molecule has 1 rings (SSSR count). The molecule has 1 aliphatic rings. The lowest BCUT2D eigenvalue weighted by Gasteiger charge is -2.20. The molecule has 0 atom stereocenters. The molecule has 0 bridgehead atoms. The second-order valence-electron chi connectivity index (χ2n) is 3.58. The van der Waals surface area contributed by atoms with E-state index in [-0.39, 0.29) is 0 Å². The van der Waals surface area contributed by atoms with Crippen LogP contribution in [0.3, 0.4) is 0 Å². The van der Waals surface area contributed by atoms with Gasteiger partial charge in [0.1, 0.15) is 0 Å². The molecule has 0 aromatic rings. The van der Waals surface area contributed by atoms with Gasteiger partial charge >= 0.3 is 0 Å². The molecule has 1 heterocycles. The highest BCUT2D eigenvalue weighted by molar-refractivity contribution is 5.97. The average Bonchev–Trinajstić information content (AvgIpc) is 2.04. The zero-order valence-electron chi connectivity index (χ0n) is 8.58. The number of hydrogen-bond donors (Lipinski definition) is 1. The molecule has 0 saturated carbocycles. The SMILES string of the molecule is CCC/C(N)=C/C1=NCCN(C)C1. The van der Waals surface area contributed by atoms with Crippen LogP contribution in [-0.2, 0) is 0 Å². The van der Waals surface area contributed by atoms with Crippen molar-refractivity contribution in [1.82, 2.24) is 4.90 Å². The summed E-state index contributed by atoms with van der Waals surface area (Å²) < 4.78 is 0. The molecule has 3 nitrogen and oxygen atoms in total. The maximum absolute atomic E-state index is 5.82. The maximum Gasteiger partial charge on any atom is 0.0520 e. The Hall–Kier alpha value is -0.830. The van der Waals surface area contributed by atoms with Gasteiger partial charge in [0.2, 0.25) is 0 Å². The number of allylic oxidation sites excluding steroid dienone is 1. The van der Waals surface area contributed by atoms with E-state index < -0.39 is 0 Å². The fraction of sp³-hybridized carbons (Fsp3) is 0.700. The molecule has 0 radical (unpaired) electrons. The van der Waals surface area contributed by atoms with Gasteiger partial charge in [0.15, 0.2) is 0 Å². The molecule has 0 aromatic carbocycles. The van der Waals surface area contributed by atoms with Gasteiger partial charge in [0.05, 0.1) is 12.3 Å². The summed E-state index contributed by atoms with van der Waals surface area (Å²) in [6.07, 6.45) is 4.10. The van der Waals surface area contributed by atoms with Crippen molar-refractivity contribution in [2.24, 2.45) is 10.7 Å². The molecule has 1 aliphatic heterocycles. The molecule has 13 heavy (non-hydrogen) atoms. The molecule has 0 aliphatic carbocycles. The van der Waals surface area contributed by atoms with Gasteiger partial charge in [-0.25, -0.2) is 0 Å². The van der Waals surface area contributed by atoms with Crippen LogP contribution in [0.1, 0.15) is 19.8 Å². The molecule has 0 fully saturated rings. The van der Waals surface area contributed by atoms with Gasteiger partial charge in [-0.15, -0.1) is 0 Å². The van der Waals surface area contributed by atoms with Crippen molar-refractivity contribution in [3.63, 3.8) is 0 Å². The fourth-order valence-corrected chi connectivity index (χ4v) is 1.44. The number of nitrogens with two attached hydrogens (primary N) is 1. The van der Waals surface area contributed by atoms with Crippen molar-refractivity contribution in [1.29, 1.82) is 0 Å². The number of likely N-dealkylation sites (N-methyl/N-ethyl adjacent to an activating group) is 1. The minimum absolute atomic E-state index is 0.905. The summed E-state index contributed by atoms with van der Waals surface area (Å²) in [5.74, 6) is 0. The highest BCUT2D eigenvalue weighted by Gasteiger charge is 2.07. The predicted octanol–water partition coefficient (Wildman–Crippen LogP) is 1.02. The highest BCUT2D eigenvalue weighted by atomic mass is 15.1. The molecular weight excluding hydrogens is 162 g/mol. The van der Waals surface area contributed by atoms with Crippen LogP contribution in [0, 0.1) is 0 Å². The van der Waals surface area contributed by atoms with Crippen molar-refractivity contribution in [3.8, 4) is 0 Å². The van der Waals surface area contributed by atoms with Crippen LogP contribution in [0.15, 0.2) is 16.8 Å². The minimum Gasteiger partial charge on any atom is -0.402 e. The van der Waals surface area contributed by atoms with Crippen molar-refractivity contribution in [2.75, 3.05) is 26.7 Å². The number of rotatable bonds is 3. The first kappa shape index (κ1) is 10.3. The molecule has 0 saturated heterocycles. The summed E-state index contributed by atoms with van der Waals surface area (Å²) in [6.45, 7) is 5.03. The largest absolute Gasteiger partial charge is 0.402 e. The third kappa shape index (κ3) is 3.59. The van der Waals surface area contributed by atoms with Crippen LogP contribution < -0.4 is 5.73 Å². The van der Waals surface area contributed by atoms with Crippen LogP contribution in [0.5, 0.6) is 0 Å². The Bertz CT molecular complexity index is 218. The Balaban J connectivity index is 2.52. The molecule has 0 unspecified atom stereocenters. The first-order valence-corrected chi connectivity index (χ1v) is 4.90. The smallest absolute Gasteiger partial charge is 0.0520 e. The zero-order chi connectivity index (χ0) is 9.68. The lowest BCUT2D eigenvalue weighted by molar-refractivity contribution is 0.379. The minimum atomic E-state index is 0.905. The highest BCUT2D eigenvalue weighted by Crippen LogP contribution is 2.01. The van der Waals surface area contributed by atoms with Crippen molar-refractivity contribution < 1.29 is 0 Å². The maximum atomic E-state index is 5.82. The van der Waals surface area contributed by atoms with E-state index in [0.717, 1.165) is 43.9 Å². The van der Waals surface area contributed by atoms with E-state index in [2.05, 4.69) is 23.9 Å². The summed E-state index contributed by atoms with van der Waals surface area (Å²) in [5, 5.41) is 0. The standard InChI is InChI=1S/C10H19N3/c1-3-4-9(11)7-10-8-13(2)6-5-12-10/h7H,3-6,8,11H2,1-2H3/b9-7-. The number of hydrogen-bond acceptors (Lipinski definition) is 3. The van der Waals surface area contributed by atoms with Gasteiger partial charge in [-0.1, -0.05) is 13.3 Å². The van der Waals surface area contributed by atoms with Crippen LogP contribution in [0.25, 0.3) is 0 Å². The van der Waals surface area contributed by atoms with E-state index in [1.165, 1.54) is 0 Å². The molecule has 74 valence electrons. The summed E-state index contributed by atoms with van der Waals surface area (Å²) in [4.78, 5) is 6.68. The van der Waals surface area contributed by atoms with Crippen LogP contribution in [0.4, 0.5) is 0 Å². The topological polar surface area (TPSA) is 41.6 Å². The Kier molecular flexibility index (Phi) is 3.96. The molecular formula is C10H19N3. The van der Waals surface area contributed by atoms with E-state index in [4.69, 9.17) is 5.73 Å². The van der Waals surface area contributed by atoms with E-state index >= 15 is 0 Å². The second-order valence-corrected chi connectivity index (χ2v) is 3.58. The summed E-state index contributed by atoms with van der Waals surface area (Å²) in [7, 11) is 2.11. The normalized spacial score (nSPS) is 20.2. The Morgan fingerprint density at radius 3 is 3.08 bits per heavy atom. The van der Waals surface area contributed by atoms with Gasteiger partial charge in [0.25, 0.3) is 0 Å². The zero-order valence-corrected chi connectivity index (χ0v) is 8.58. The summed E-state index contributed by atoms with van der Waals surface area (Å²) in [6, 6.07) is 0. The van der Waals surface area contributed by atoms with E-state index in [1.807, 2.05) is 6.08 Å². The van der Waals surface area contributed by atoms with E-state index in [9.17, 15) is 0 Å². The van der Waals surface area contributed by atoms with Crippen molar-refractivity contribution in [2.45, 2.75) is 19.8 Å². The Labute approximate surface area is 80.3 Å². The molecule has 0 aromatic heterocycles. The second kappa shape index (κ2) is 5.02. The monoisotopic (exact) mass is 181 g/mol. The van der Waals surface area contributed by atoms with Crippen LogP contribution in [-0.4, -0.2) is 37.3 Å². The third-order valence-electron chi connectivity index (χ3n) is 2.12. The third-order valence-corrected chi connectivity index (χ3v) is 2.12. The molecule has 3 heteroatoms. The first-order valence-electron chi connectivity index (χ1n) is 4.90. The Morgan fingerprint density at radius 2 is 2.46 bits per heavy atom. The Morgan fingerprint density at radius 1 is 1.69 bits per heavy atom. The predicted molar refractivity (Wildman–Crippen MR) is 57.0 cm³/mol. The lowest BCUT2D eigenvalue weighted by atomic mass is 10.2.